The topological polar surface area (TPSA) is 69.4 Å². The highest BCUT2D eigenvalue weighted by atomic mass is 35.5. The molecule has 0 unspecified atom stereocenters. The minimum Gasteiger partial charge on any atom is -0.457 e. The maximum absolute atomic E-state index is 11.9. The fraction of sp³-hybridized carbons (Fsp3) is 0.133. The molecule has 0 saturated heterocycles. The van der Waals surface area contributed by atoms with E-state index in [4.69, 9.17) is 16.3 Å². The number of nitro groups is 1. The van der Waals surface area contributed by atoms with Crippen molar-refractivity contribution in [3.8, 4) is 0 Å². The van der Waals surface area contributed by atoms with Gasteiger partial charge in [-0.25, -0.2) is 4.79 Å². The molecule has 0 fully saturated rings. The largest absolute Gasteiger partial charge is 0.457 e. The molecule has 0 aliphatic carbocycles. The molecule has 6 heteroatoms. The van der Waals surface area contributed by atoms with Crippen molar-refractivity contribution < 1.29 is 14.5 Å². The molecular weight excluding hydrogens is 294 g/mol. The number of aryl methyl sites for hydroxylation is 1. The molecule has 0 atom stereocenters. The van der Waals surface area contributed by atoms with Crippen LogP contribution in [0, 0.1) is 17.0 Å². The number of hydrogen-bond acceptors (Lipinski definition) is 4. The van der Waals surface area contributed by atoms with Crippen LogP contribution in [0.5, 0.6) is 0 Å². The van der Waals surface area contributed by atoms with Gasteiger partial charge in [0.25, 0.3) is 5.69 Å². The Balaban J connectivity index is 2.08. The molecule has 0 spiro atoms. The van der Waals surface area contributed by atoms with Crippen LogP contribution in [-0.4, -0.2) is 10.9 Å². The molecule has 0 aromatic heterocycles. The number of esters is 1. The van der Waals surface area contributed by atoms with Gasteiger partial charge in [-0.15, -0.1) is 0 Å². The Morgan fingerprint density at radius 3 is 2.67 bits per heavy atom. The van der Waals surface area contributed by atoms with Gasteiger partial charge in [-0.3, -0.25) is 10.1 Å². The zero-order chi connectivity index (χ0) is 15.4. The first kappa shape index (κ1) is 15.0. The van der Waals surface area contributed by atoms with Crippen molar-refractivity contribution in [1.29, 1.82) is 0 Å². The fourth-order valence-electron chi connectivity index (χ4n) is 1.81. The Morgan fingerprint density at radius 2 is 2.05 bits per heavy atom. The average Bonchev–Trinajstić information content (AvgIpc) is 2.44. The van der Waals surface area contributed by atoms with Gasteiger partial charge in [0.2, 0.25) is 0 Å². The Kier molecular flexibility index (Phi) is 4.55. The molecular formula is C15H12ClNO4. The predicted molar refractivity (Wildman–Crippen MR) is 78.4 cm³/mol. The maximum Gasteiger partial charge on any atom is 0.339 e. The highest BCUT2D eigenvalue weighted by Gasteiger charge is 2.16. The molecule has 0 heterocycles. The summed E-state index contributed by atoms with van der Waals surface area (Å²) in [4.78, 5) is 22.0. The average molecular weight is 306 g/mol. The second-order valence-corrected chi connectivity index (χ2v) is 4.89. The van der Waals surface area contributed by atoms with Crippen molar-refractivity contribution in [1.82, 2.24) is 0 Å². The Hall–Kier alpha value is -2.40. The number of rotatable bonds is 4. The first-order valence-corrected chi connectivity index (χ1v) is 6.52. The van der Waals surface area contributed by atoms with Crippen LogP contribution in [-0.2, 0) is 11.3 Å². The lowest BCUT2D eigenvalue weighted by Crippen LogP contribution is -2.06. The Labute approximate surface area is 126 Å². The summed E-state index contributed by atoms with van der Waals surface area (Å²) in [7, 11) is 0. The zero-order valence-electron chi connectivity index (χ0n) is 11.2. The van der Waals surface area contributed by atoms with Crippen molar-refractivity contribution in [3.63, 3.8) is 0 Å². The lowest BCUT2D eigenvalue weighted by atomic mass is 10.1. The van der Waals surface area contributed by atoms with E-state index in [1.165, 1.54) is 12.1 Å². The molecule has 5 nitrogen and oxygen atoms in total. The van der Waals surface area contributed by atoms with E-state index in [2.05, 4.69) is 0 Å². The number of nitrogens with zero attached hydrogens (tertiary/aromatic N) is 1. The third-order valence-electron chi connectivity index (χ3n) is 2.84. The van der Waals surface area contributed by atoms with E-state index < -0.39 is 10.9 Å². The Morgan fingerprint density at radius 1 is 1.29 bits per heavy atom. The van der Waals surface area contributed by atoms with E-state index in [0.29, 0.717) is 0 Å². The standard InChI is InChI=1S/C15H12ClNO4/c1-10-3-2-4-11(7-10)9-21-15(18)13-6-5-12(17(19)20)8-14(13)16/h2-8H,9H2,1H3. The summed E-state index contributed by atoms with van der Waals surface area (Å²) in [6.45, 7) is 2.06. The number of halogens is 1. The molecule has 0 radical (unpaired) electrons. The van der Waals surface area contributed by atoms with Gasteiger partial charge in [0, 0.05) is 12.1 Å². The molecule has 2 aromatic carbocycles. The predicted octanol–water partition coefficient (Wildman–Crippen LogP) is 3.91. The number of ether oxygens (including phenoxy) is 1. The monoisotopic (exact) mass is 305 g/mol. The van der Waals surface area contributed by atoms with Gasteiger partial charge in [-0.1, -0.05) is 41.4 Å². The van der Waals surface area contributed by atoms with Crippen LogP contribution in [0.3, 0.4) is 0 Å². The van der Waals surface area contributed by atoms with E-state index in [-0.39, 0.29) is 22.9 Å². The van der Waals surface area contributed by atoms with Crippen molar-refractivity contribution in [2.75, 3.05) is 0 Å². The fourth-order valence-corrected chi connectivity index (χ4v) is 2.06. The summed E-state index contributed by atoms with van der Waals surface area (Å²) in [5.41, 5.74) is 1.86. The summed E-state index contributed by atoms with van der Waals surface area (Å²) in [6, 6.07) is 11.2. The van der Waals surface area contributed by atoms with Gasteiger partial charge < -0.3 is 4.74 Å². The molecule has 108 valence electrons. The highest BCUT2D eigenvalue weighted by molar-refractivity contribution is 6.33. The first-order chi connectivity index (χ1) is 9.97. The lowest BCUT2D eigenvalue weighted by molar-refractivity contribution is -0.384. The minimum absolute atomic E-state index is 0.00144. The number of benzene rings is 2. The quantitative estimate of drug-likeness (QED) is 0.488. The van der Waals surface area contributed by atoms with Crippen molar-refractivity contribution in [3.05, 3.63) is 74.3 Å². The molecule has 21 heavy (non-hydrogen) atoms. The third-order valence-corrected chi connectivity index (χ3v) is 3.15. The van der Waals surface area contributed by atoms with Gasteiger partial charge in [0.1, 0.15) is 6.61 Å². The van der Waals surface area contributed by atoms with Gasteiger partial charge in [0.15, 0.2) is 0 Å². The molecule has 2 aromatic rings. The summed E-state index contributed by atoms with van der Waals surface area (Å²) >= 11 is 5.87. The maximum atomic E-state index is 11.9. The molecule has 0 aliphatic rings. The van der Waals surface area contributed by atoms with E-state index in [1.54, 1.807) is 0 Å². The van der Waals surface area contributed by atoms with Gasteiger partial charge in [-0.05, 0) is 18.6 Å². The van der Waals surface area contributed by atoms with Crippen LogP contribution in [0.4, 0.5) is 5.69 Å². The summed E-state index contributed by atoms with van der Waals surface area (Å²) in [5, 5.41) is 10.6. The molecule has 0 amide bonds. The zero-order valence-corrected chi connectivity index (χ0v) is 12.0. The number of carbonyl (C=O) groups excluding carboxylic acids is 1. The number of hydrogen-bond donors (Lipinski definition) is 0. The molecule has 2 rings (SSSR count). The van der Waals surface area contributed by atoms with E-state index in [1.807, 2.05) is 31.2 Å². The van der Waals surface area contributed by atoms with E-state index in [9.17, 15) is 14.9 Å². The minimum atomic E-state index is -0.614. The van der Waals surface area contributed by atoms with Crippen molar-refractivity contribution in [2.45, 2.75) is 13.5 Å². The third kappa shape index (κ3) is 3.79. The smallest absolute Gasteiger partial charge is 0.339 e. The number of nitro benzene ring substituents is 1. The van der Waals surface area contributed by atoms with Gasteiger partial charge in [0.05, 0.1) is 15.5 Å². The summed E-state index contributed by atoms with van der Waals surface area (Å²) < 4.78 is 5.16. The van der Waals surface area contributed by atoms with Crippen LogP contribution in [0.25, 0.3) is 0 Å². The van der Waals surface area contributed by atoms with Crippen LogP contribution >= 0.6 is 11.6 Å². The van der Waals surface area contributed by atoms with Crippen molar-refractivity contribution in [2.24, 2.45) is 0 Å². The molecule has 0 aliphatic heterocycles. The molecule has 0 N–H and O–H groups in total. The van der Waals surface area contributed by atoms with Crippen molar-refractivity contribution >= 4 is 23.3 Å². The second-order valence-electron chi connectivity index (χ2n) is 4.49. The summed E-state index contributed by atoms with van der Waals surface area (Å²) in [6.07, 6.45) is 0. The number of carbonyl (C=O) groups is 1. The van der Waals surface area contributed by atoms with Crippen LogP contribution in [0.2, 0.25) is 5.02 Å². The lowest BCUT2D eigenvalue weighted by Gasteiger charge is -2.07. The van der Waals surface area contributed by atoms with E-state index >= 15 is 0 Å². The van der Waals surface area contributed by atoms with Gasteiger partial charge >= 0.3 is 5.97 Å². The molecule has 0 saturated carbocycles. The van der Waals surface area contributed by atoms with Gasteiger partial charge in [-0.2, -0.15) is 0 Å². The van der Waals surface area contributed by atoms with Crippen LogP contribution in [0.15, 0.2) is 42.5 Å². The van der Waals surface area contributed by atoms with Crippen LogP contribution in [0.1, 0.15) is 21.5 Å². The highest BCUT2D eigenvalue weighted by Crippen LogP contribution is 2.23. The Bertz CT molecular complexity index is 700. The SMILES string of the molecule is Cc1cccc(COC(=O)c2ccc([N+](=O)[O-])cc2Cl)c1. The first-order valence-electron chi connectivity index (χ1n) is 6.14. The summed E-state index contributed by atoms with van der Waals surface area (Å²) in [5.74, 6) is -0.614. The molecule has 0 bridgehead atoms. The van der Waals surface area contributed by atoms with E-state index in [0.717, 1.165) is 17.2 Å². The van der Waals surface area contributed by atoms with Crippen LogP contribution < -0.4 is 0 Å². The number of non-ortho nitro benzene ring substituents is 1. The second kappa shape index (κ2) is 6.37. The normalized spacial score (nSPS) is 10.2.